The van der Waals surface area contributed by atoms with E-state index < -0.39 is 16.1 Å². The van der Waals surface area contributed by atoms with Crippen LogP contribution in [0.2, 0.25) is 4.34 Å². The third-order valence-corrected chi connectivity index (χ3v) is 6.67. The number of halogens is 1. The topological polar surface area (TPSA) is 66.8 Å². The number of benzene rings is 1. The second kappa shape index (κ2) is 6.97. The van der Waals surface area contributed by atoms with Crippen LogP contribution in [0.4, 0.5) is 0 Å². The number of thiophene rings is 1. The zero-order valence-electron chi connectivity index (χ0n) is 12.1. The number of sulfonamides is 1. The first-order valence-corrected chi connectivity index (χ1v) is 9.01. The van der Waals surface area contributed by atoms with Crippen LogP contribution in [0.15, 0.2) is 40.6 Å². The summed E-state index contributed by atoms with van der Waals surface area (Å²) in [4.78, 5) is 0. The van der Waals surface area contributed by atoms with Crippen molar-refractivity contribution >= 4 is 33.0 Å². The molecule has 1 N–H and O–H groups in total. The molecule has 0 saturated carbocycles. The molecule has 0 bridgehead atoms. The predicted octanol–water partition coefficient (Wildman–Crippen LogP) is 2.76. The van der Waals surface area contributed by atoms with Crippen molar-refractivity contribution in [2.24, 2.45) is 0 Å². The van der Waals surface area contributed by atoms with E-state index in [1.54, 1.807) is 31.4 Å². The van der Waals surface area contributed by atoms with Crippen molar-refractivity contribution in [2.45, 2.75) is 10.3 Å². The fourth-order valence-corrected chi connectivity index (χ4v) is 4.73. The van der Waals surface area contributed by atoms with Crippen LogP contribution in [0.25, 0.3) is 0 Å². The number of aliphatic hydroxyl groups is 1. The Morgan fingerprint density at radius 1 is 1.27 bits per heavy atom. The molecule has 22 heavy (non-hydrogen) atoms. The molecule has 1 aromatic carbocycles. The van der Waals surface area contributed by atoms with Crippen molar-refractivity contribution in [3.63, 3.8) is 0 Å². The highest BCUT2D eigenvalue weighted by Crippen LogP contribution is 2.28. The smallest absolute Gasteiger partial charge is 0.252 e. The fraction of sp³-hybridized carbons (Fsp3) is 0.286. The zero-order chi connectivity index (χ0) is 16.3. The number of likely N-dealkylation sites (N-methyl/N-ethyl adjacent to an activating group) is 1. The van der Waals surface area contributed by atoms with E-state index in [2.05, 4.69) is 0 Å². The molecule has 1 heterocycles. The van der Waals surface area contributed by atoms with Gasteiger partial charge in [0.2, 0.25) is 0 Å². The van der Waals surface area contributed by atoms with Crippen LogP contribution in [0.3, 0.4) is 0 Å². The van der Waals surface area contributed by atoms with Gasteiger partial charge in [0, 0.05) is 13.6 Å². The van der Waals surface area contributed by atoms with E-state index in [0.717, 1.165) is 15.6 Å². The molecule has 2 rings (SSSR count). The highest BCUT2D eigenvalue weighted by atomic mass is 35.5. The molecular formula is C14H16ClNO4S2. The maximum absolute atomic E-state index is 12.4. The second-order valence-electron chi connectivity index (χ2n) is 4.63. The standard InChI is InChI=1S/C14H16ClNO4S2/c1-16(22(18,19)14-8-7-13(15)21-14)9-12(17)10-3-5-11(20-2)6-4-10/h3-8,12,17H,9H2,1-2H3. The Bertz CT molecular complexity index is 728. The quantitative estimate of drug-likeness (QED) is 0.859. The number of methoxy groups -OCH3 is 1. The third-order valence-electron chi connectivity index (χ3n) is 3.14. The predicted molar refractivity (Wildman–Crippen MR) is 87.1 cm³/mol. The molecule has 0 radical (unpaired) electrons. The van der Waals surface area contributed by atoms with Crippen LogP contribution < -0.4 is 4.74 Å². The summed E-state index contributed by atoms with van der Waals surface area (Å²) in [5, 5.41) is 10.2. The van der Waals surface area contributed by atoms with Crippen LogP contribution in [0.5, 0.6) is 5.75 Å². The molecule has 0 spiro atoms. The lowest BCUT2D eigenvalue weighted by Crippen LogP contribution is -2.30. The molecule has 8 heteroatoms. The molecule has 120 valence electrons. The summed E-state index contributed by atoms with van der Waals surface area (Å²) >= 11 is 6.76. The third kappa shape index (κ3) is 3.80. The summed E-state index contributed by atoms with van der Waals surface area (Å²) in [6.07, 6.45) is -0.930. The minimum absolute atomic E-state index is 0.0514. The average Bonchev–Trinajstić information content (AvgIpc) is 2.94. The highest BCUT2D eigenvalue weighted by molar-refractivity contribution is 7.91. The number of rotatable bonds is 6. The average molecular weight is 362 g/mol. The Labute approximate surface area is 138 Å². The Balaban J connectivity index is 2.11. The van der Waals surface area contributed by atoms with Crippen molar-refractivity contribution in [1.82, 2.24) is 4.31 Å². The van der Waals surface area contributed by atoms with Crippen LogP contribution in [-0.2, 0) is 10.0 Å². The van der Waals surface area contributed by atoms with Crippen molar-refractivity contribution in [1.29, 1.82) is 0 Å². The number of aliphatic hydroxyl groups excluding tert-OH is 1. The van der Waals surface area contributed by atoms with Gasteiger partial charge < -0.3 is 9.84 Å². The maximum atomic E-state index is 12.4. The van der Waals surface area contributed by atoms with E-state index in [1.807, 2.05) is 0 Å². The first kappa shape index (κ1) is 17.2. The molecule has 0 fully saturated rings. The Morgan fingerprint density at radius 3 is 2.41 bits per heavy atom. The molecule has 0 saturated heterocycles. The zero-order valence-corrected chi connectivity index (χ0v) is 14.5. The highest BCUT2D eigenvalue weighted by Gasteiger charge is 2.25. The lowest BCUT2D eigenvalue weighted by atomic mass is 10.1. The summed E-state index contributed by atoms with van der Waals surface area (Å²) in [6, 6.07) is 9.82. The first-order chi connectivity index (χ1) is 10.3. The second-order valence-corrected chi connectivity index (χ2v) is 8.62. The Kier molecular flexibility index (Phi) is 5.46. The Hall–Kier alpha value is -1.12. The minimum Gasteiger partial charge on any atom is -0.497 e. The van der Waals surface area contributed by atoms with Crippen molar-refractivity contribution < 1.29 is 18.3 Å². The lowest BCUT2D eigenvalue weighted by Gasteiger charge is -2.20. The van der Waals surface area contributed by atoms with Crippen LogP contribution in [0, 0.1) is 0 Å². The monoisotopic (exact) mass is 361 g/mol. The number of ether oxygens (including phenoxy) is 1. The molecule has 0 aliphatic rings. The van der Waals surface area contributed by atoms with Crippen molar-refractivity contribution in [3.8, 4) is 5.75 Å². The van der Waals surface area contributed by atoms with E-state index in [1.165, 1.54) is 19.2 Å². The summed E-state index contributed by atoms with van der Waals surface area (Å²) in [5.41, 5.74) is 0.618. The van der Waals surface area contributed by atoms with Gasteiger partial charge in [0.15, 0.2) is 0 Å². The van der Waals surface area contributed by atoms with E-state index in [0.29, 0.717) is 15.6 Å². The number of nitrogens with zero attached hydrogens (tertiary/aromatic N) is 1. The normalized spacial score (nSPS) is 13.3. The van der Waals surface area contributed by atoms with E-state index >= 15 is 0 Å². The molecule has 5 nitrogen and oxygen atoms in total. The van der Waals surface area contributed by atoms with Gasteiger partial charge >= 0.3 is 0 Å². The minimum atomic E-state index is -3.65. The van der Waals surface area contributed by atoms with Gasteiger partial charge in [-0.1, -0.05) is 23.7 Å². The largest absolute Gasteiger partial charge is 0.497 e. The summed E-state index contributed by atoms with van der Waals surface area (Å²) in [6.45, 7) is -0.0514. The van der Waals surface area contributed by atoms with E-state index in [-0.39, 0.29) is 10.8 Å². The van der Waals surface area contributed by atoms with Crippen molar-refractivity contribution in [3.05, 3.63) is 46.3 Å². The number of hydrogen-bond donors (Lipinski definition) is 1. The van der Waals surface area contributed by atoms with Gasteiger partial charge in [-0.3, -0.25) is 0 Å². The van der Waals surface area contributed by atoms with Gasteiger partial charge in [-0.25, -0.2) is 8.42 Å². The van der Waals surface area contributed by atoms with Gasteiger partial charge in [0.25, 0.3) is 10.0 Å². The molecule has 1 atom stereocenters. The summed E-state index contributed by atoms with van der Waals surface area (Å²) < 4.78 is 31.4. The van der Waals surface area contributed by atoms with E-state index in [4.69, 9.17) is 16.3 Å². The molecule has 1 aromatic heterocycles. The summed E-state index contributed by atoms with van der Waals surface area (Å²) in [5.74, 6) is 0.671. The van der Waals surface area contributed by atoms with Gasteiger partial charge in [-0.05, 0) is 29.8 Å². The number of hydrogen-bond acceptors (Lipinski definition) is 5. The maximum Gasteiger partial charge on any atom is 0.252 e. The molecule has 0 aliphatic heterocycles. The van der Waals surface area contributed by atoms with Crippen LogP contribution in [0.1, 0.15) is 11.7 Å². The summed E-state index contributed by atoms with van der Waals surface area (Å²) in [7, 11) is -0.672. The SMILES string of the molecule is COc1ccc(C(O)CN(C)S(=O)(=O)c2ccc(Cl)s2)cc1. The molecule has 1 unspecified atom stereocenters. The lowest BCUT2D eigenvalue weighted by molar-refractivity contribution is 0.155. The fourth-order valence-electron chi connectivity index (χ4n) is 1.86. The van der Waals surface area contributed by atoms with Gasteiger partial charge in [0.1, 0.15) is 9.96 Å². The van der Waals surface area contributed by atoms with Crippen LogP contribution in [-0.4, -0.2) is 38.5 Å². The van der Waals surface area contributed by atoms with Crippen LogP contribution >= 0.6 is 22.9 Å². The molecular weight excluding hydrogens is 346 g/mol. The van der Waals surface area contributed by atoms with Gasteiger partial charge in [-0.2, -0.15) is 4.31 Å². The molecule has 2 aromatic rings. The molecule has 0 amide bonds. The molecule has 0 aliphatic carbocycles. The van der Waals surface area contributed by atoms with E-state index in [9.17, 15) is 13.5 Å². The van der Waals surface area contributed by atoms with Gasteiger partial charge in [0.05, 0.1) is 17.6 Å². The Morgan fingerprint density at radius 2 is 1.91 bits per heavy atom. The first-order valence-electron chi connectivity index (χ1n) is 6.38. The van der Waals surface area contributed by atoms with Gasteiger partial charge in [-0.15, -0.1) is 11.3 Å². The van der Waals surface area contributed by atoms with Crippen molar-refractivity contribution in [2.75, 3.05) is 20.7 Å².